The van der Waals surface area contributed by atoms with Crippen LogP contribution in [-0.2, 0) is 9.05 Å². The maximum atomic E-state index is 11.6. The fourth-order valence-corrected chi connectivity index (χ4v) is 3.71. The van der Waals surface area contributed by atoms with Crippen molar-refractivity contribution in [1.29, 1.82) is 0 Å². The molecule has 0 unspecified atom stereocenters. The van der Waals surface area contributed by atoms with E-state index in [0.29, 0.717) is 11.1 Å². The molecular weight excluding hydrogens is 387 g/mol. The molecule has 0 aromatic heterocycles. The van der Waals surface area contributed by atoms with Crippen LogP contribution in [-0.4, -0.2) is 15.0 Å². The Morgan fingerprint density at radius 2 is 1.90 bits per heavy atom. The van der Waals surface area contributed by atoms with Crippen LogP contribution in [0.15, 0.2) is 21.5 Å². The Kier molecular flexibility index (Phi) is 6.20. The minimum atomic E-state index is -3.91. The summed E-state index contributed by atoms with van der Waals surface area (Å²) in [5, 5.41) is 0.217. The molecule has 1 aromatic rings. The van der Waals surface area contributed by atoms with Crippen LogP contribution < -0.4 is 4.74 Å². The zero-order valence-corrected chi connectivity index (χ0v) is 15.5. The molecule has 0 aliphatic heterocycles. The lowest BCUT2D eigenvalue weighted by Gasteiger charge is -2.18. The van der Waals surface area contributed by atoms with Crippen LogP contribution in [0.3, 0.4) is 0 Å². The maximum Gasteiger partial charge on any atom is 0.265 e. The van der Waals surface area contributed by atoms with Crippen molar-refractivity contribution >= 4 is 47.3 Å². The molecule has 20 heavy (non-hydrogen) atoms. The van der Waals surface area contributed by atoms with Crippen LogP contribution in [0, 0.1) is 5.41 Å². The van der Waals surface area contributed by atoms with Gasteiger partial charge in [-0.1, -0.05) is 48.3 Å². The summed E-state index contributed by atoms with van der Waals surface area (Å²) >= 11 is 9.22. The molecule has 0 heterocycles. The van der Waals surface area contributed by atoms with Gasteiger partial charge in [0.1, 0.15) is 4.90 Å². The molecule has 114 valence electrons. The van der Waals surface area contributed by atoms with E-state index in [1.165, 1.54) is 6.07 Å². The molecule has 7 heteroatoms. The highest BCUT2D eigenvalue weighted by Gasteiger charge is 2.21. The smallest absolute Gasteiger partial charge is 0.265 e. The summed E-state index contributed by atoms with van der Waals surface area (Å²) in [6.45, 7) is 6.79. The zero-order valence-electron chi connectivity index (χ0n) is 11.5. The first-order valence-electron chi connectivity index (χ1n) is 6.07. The van der Waals surface area contributed by atoms with Crippen molar-refractivity contribution in [1.82, 2.24) is 0 Å². The van der Waals surface area contributed by atoms with Crippen LogP contribution in [0.1, 0.15) is 33.6 Å². The first kappa shape index (κ1) is 18.1. The predicted molar refractivity (Wildman–Crippen MR) is 86.4 cm³/mol. The van der Waals surface area contributed by atoms with E-state index in [1.54, 1.807) is 6.07 Å². The number of ether oxygens (including phenoxy) is 1. The van der Waals surface area contributed by atoms with Gasteiger partial charge < -0.3 is 4.74 Å². The first-order valence-corrected chi connectivity index (χ1v) is 9.55. The van der Waals surface area contributed by atoms with Gasteiger partial charge in [-0.25, -0.2) is 8.42 Å². The van der Waals surface area contributed by atoms with E-state index in [1.807, 2.05) is 0 Å². The SMILES string of the molecule is CC(C)(C)CCCOc1c(Cl)cc(Br)cc1S(=O)(=O)Cl. The minimum Gasteiger partial charge on any atom is -0.491 e. The second-order valence-electron chi connectivity index (χ2n) is 5.67. The van der Waals surface area contributed by atoms with Gasteiger partial charge in [-0.3, -0.25) is 0 Å². The second kappa shape index (κ2) is 6.86. The molecule has 0 aliphatic rings. The minimum absolute atomic E-state index is 0.110. The van der Waals surface area contributed by atoms with Crippen molar-refractivity contribution in [3.05, 3.63) is 21.6 Å². The number of benzene rings is 1. The number of hydrogen-bond donors (Lipinski definition) is 0. The molecule has 0 radical (unpaired) electrons. The number of rotatable bonds is 5. The van der Waals surface area contributed by atoms with Gasteiger partial charge in [0.05, 0.1) is 11.6 Å². The molecular formula is C13H17BrCl2O3S. The highest BCUT2D eigenvalue weighted by Crippen LogP contribution is 2.37. The second-order valence-corrected chi connectivity index (χ2v) is 9.52. The normalized spacial score (nSPS) is 12.5. The Morgan fingerprint density at radius 3 is 2.40 bits per heavy atom. The van der Waals surface area contributed by atoms with Crippen molar-refractivity contribution in [2.24, 2.45) is 5.41 Å². The average Bonchev–Trinajstić information content (AvgIpc) is 2.23. The van der Waals surface area contributed by atoms with Crippen molar-refractivity contribution in [2.75, 3.05) is 6.61 Å². The fraction of sp³-hybridized carbons (Fsp3) is 0.538. The lowest BCUT2D eigenvalue weighted by atomic mass is 9.91. The first-order chi connectivity index (χ1) is 9.00. The van der Waals surface area contributed by atoms with Crippen LogP contribution >= 0.6 is 38.2 Å². The van der Waals surface area contributed by atoms with Gasteiger partial charge in [0.15, 0.2) is 5.75 Å². The summed E-state index contributed by atoms with van der Waals surface area (Å²) in [7, 11) is 1.49. The third kappa shape index (κ3) is 5.80. The molecule has 0 spiro atoms. The Balaban J connectivity index is 2.90. The van der Waals surface area contributed by atoms with Gasteiger partial charge in [0.25, 0.3) is 9.05 Å². The molecule has 0 saturated carbocycles. The Labute approximate surface area is 138 Å². The zero-order chi connectivity index (χ0) is 15.6. The van der Waals surface area contributed by atoms with Crippen LogP contribution in [0.5, 0.6) is 5.75 Å². The van der Waals surface area contributed by atoms with Crippen LogP contribution in [0.2, 0.25) is 5.02 Å². The third-order valence-corrected chi connectivity index (χ3v) is 4.62. The maximum absolute atomic E-state index is 11.6. The molecule has 0 atom stereocenters. The van der Waals surface area contributed by atoms with Crippen molar-refractivity contribution in [3.8, 4) is 5.75 Å². The monoisotopic (exact) mass is 402 g/mol. The van der Waals surface area contributed by atoms with Gasteiger partial charge in [0, 0.05) is 15.2 Å². The van der Waals surface area contributed by atoms with Gasteiger partial charge in [-0.05, 0) is 30.4 Å². The van der Waals surface area contributed by atoms with Crippen LogP contribution in [0.25, 0.3) is 0 Å². The highest BCUT2D eigenvalue weighted by atomic mass is 79.9. The van der Waals surface area contributed by atoms with Crippen molar-refractivity contribution < 1.29 is 13.2 Å². The summed E-state index contributed by atoms with van der Waals surface area (Å²) in [5.41, 5.74) is 0.203. The highest BCUT2D eigenvalue weighted by molar-refractivity contribution is 9.10. The lowest BCUT2D eigenvalue weighted by Crippen LogP contribution is -2.09. The molecule has 0 saturated heterocycles. The van der Waals surface area contributed by atoms with Gasteiger partial charge in [0.2, 0.25) is 0 Å². The molecule has 0 aliphatic carbocycles. The molecule has 1 rings (SSSR count). The van der Waals surface area contributed by atoms with E-state index in [2.05, 4.69) is 36.7 Å². The summed E-state index contributed by atoms with van der Waals surface area (Å²) in [4.78, 5) is -0.116. The third-order valence-electron chi connectivity index (χ3n) is 2.55. The van der Waals surface area contributed by atoms with Crippen molar-refractivity contribution in [3.63, 3.8) is 0 Å². The number of hydrogen-bond acceptors (Lipinski definition) is 3. The predicted octanol–water partition coefficient (Wildman–Crippen LogP) is 5.24. The van der Waals surface area contributed by atoms with E-state index in [4.69, 9.17) is 27.0 Å². The molecule has 0 N–H and O–H groups in total. The van der Waals surface area contributed by atoms with Gasteiger partial charge in [-0.2, -0.15) is 0 Å². The standard InChI is InChI=1S/C13H17BrCl2O3S/c1-13(2,3)5-4-6-19-12-10(15)7-9(14)8-11(12)20(16,17)18/h7-8H,4-6H2,1-3H3. The lowest BCUT2D eigenvalue weighted by molar-refractivity contribution is 0.264. The molecule has 0 bridgehead atoms. The Hall–Kier alpha value is 0.0300. The van der Waals surface area contributed by atoms with E-state index in [-0.39, 0.29) is 21.1 Å². The largest absolute Gasteiger partial charge is 0.491 e. The summed E-state index contributed by atoms with van der Waals surface area (Å²) < 4.78 is 29.2. The Morgan fingerprint density at radius 1 is 1.30 bits per heavy atom. The molecule has 3 nitrogen and oxygen atoms in total. The average molecular weight is 404 g/mol. The summed E-state index contributed by atoms with van der Waals surface area (Å²) in [6, 6.07) is 2.96. The van der Waals surface area contributed by atoms with E-state index in [9.17, 15) is 8.42 Å². The topological polar surface area (TPSA) is 43.4 Å². The van der Waals surface area contributed by atoms with Gasteiger partial charge >= 0.3 is 0 Å². The van der Waals surface area contributed by atoms with E-state index < -0.39 is 9.05 Å². The van der Waals surface area contributed by atoms with E-state index >= 15 is 0 Å². The Bertz CT molecular complexity index is 580. The molecule has 0 fully saturated rings. The summed E-state index contributed by atoms with van der Waals surface area (Å²) in [6.07, 6.45) is 1.77. The molecule has 0 amide bonds. The van der Waals surface area contributed by atoms with Crippen molar-refractivity contribution in [2.45, 2.75) is 38.5 Å². The van der Waals surface area contributed by atoms with Gasteiger partial charge in [-0.15, -0.1) is 0 Å². The molecule has 1 aromatic carbocycles. The quantitative estimate of drug-likeness (QED) is 0.499. The van der Waals surface area contributed by atoms with E-state index in [0.717, 1.165) is 12.8 Å². The van der Waals surface area contributed by atoms with Crippen LogP contribution in [0.4, 0.5) is 0 Å². The fourth-order valence-electron chi connectivity index (χ4n) is 1.63. The summed E-state index contributed by atoms with van der Waals surface area (Å²) in [5.74, 6) is 0.110. The number of halogens is 3.